The molecule has 1 aromatic carbocycles. The van der Waals surface area contributed by atoms with Crippen molar-refractivity contribution in [1.29, 1.82) is 0 Å². The molecule has 1 aliphatic heterocycles. The van der Waals surface area contributed by atoms with Gasteiger partial charge < -0.3 is 10.2 Å². The van der Waals surface area contributed by atoms with E-state index in [0.29, 0.717) is 0 Å². The first-order valence-electron chi connectivity index (χ1n) is 9.55. The van der Waals surface area contributed by atoms with Gasteiger partial charge in [0, 0.05) is 17.5 Å². The minimum absolute atomic E-state index is 0. The Bertz CT molecular complexity index is 637. The first kappa shape index (κ1) is 19.6. The number of nitrogens with one attached hydrogen (secondary N) is 1. The molecule has 2 aliphatic carbocycles. The lowest BCUT2D eigenvalue weighted by atomic mass is 9.91. The van der Waals surface area contributed by atoms with Crippen molar-refractivity contribution in [3.05, 3.63) is 35.4 Å². The van der Waals surface area contributed by atoms with E-state index >= 15 is 0 Å². The molecule has 0 aromatic heterocycles. The standard InChI is InChI=1S/C20H26F2N2O.ClH/c21-17-6-3-7-18(22)15(17)13-24(14-4-1-2-5-14)19(25)16-12-20(16)8-10-23-11-9-20;/h3,6-7,14,16,23H,1-2,4-5,8-13H2;1H. The van der Waals surface area contributed by atoms with Crippen LogP contribution in [-0.2, 0) is 11.3 Å². The number of hydrogen-bond acceptors (Lipinski definition) is 2. The average Bonchev–Trinajstić information content (AvgIpc) is 3.05. The molecule has 3 aliphatic rings. The molecule has 1 spiro atoms. The fraction of sp³-hybridized carbons (Fsp3) is 0.650. The first-order valence-corrected chi connectivity index (χ1v) is 9.55. The monoisotopic (exact) mass is 384 g/mol. The van der Waals surface area contributed by atoms with Gasteiger partial charge in [-0.2, -0.15) is 0 Å². The van der Waals surface area contributed by atoms with Crippen LogP contribution < -0.4 is 5.32 Å². The second-order valence-electron chi connectivity index (χ2n) is 7.97. The van der Waals surface area contributed by atoms with E-state index in [1.165, 1.54) is 18.2 Å². The lowest BCUT2D eigenvalue weighted by Gasteiger charge is -2.31. The molecule has 1 amide bonds. The second-order valence-corrected chi connectivity index (χ2v) is 7.97. The zero-order valence-corrected chi connectivity index (χ0v) is 15.8. The number of carbonyl (C=O) groups excluding carboxylic acids is 1. The summed E-state index contributed by atoms with van der Waals surface area (Å²) < 4.78 is 28.3. The molecule has 26 heavy (non-hydrogen) atoms. The Morgan fingerprint density at radius 1 is 1.15 bits per heavy atom. The van der Waals surface area contributed by atoms with Crippen LogP contribution in [-0.4, -0.2) is 29.9 Å². The Labute approximate surface area is 159 Å². The SMILES string of the molecule is Cl.O=C(C1CC12CCNCC2)N(Cc1c(F)cccc1F)C1CCCC1. The van der Waals surface area contributed by atoms with Crippen LogP contribution in [0.15, 0.2) is 18.2 Å². The number of hydrogen-bond donors (Lipinski definition) is 1. The van der Waals surface area contributed by atoms with Crippen molar-refractivity contribution < 1.29 is 13.6 Å². The van der Waals surface area contributed by atoms with Crippen LogP contribution in [0.4, 0.5) is 8.78 Å². The van der Waals surface area contributed by atoms with E-state index in [0.717, 1.165) is 58.0 Å². The molecule has 0 bridgehead atoms. The summed E-state index contributed by atoms with van der Waals surface area (Å²) in [7, 11) is 0. The fourth-order valence-electron chi connectivity index (χ4n) is 4.83. The van der Waals surface area contributed by atoms with E-state index in [9.17, 15) is 13.6 Å². The lowest BCUT2D eigenvalue weighted by Crippen LogP contribution is -2.41. The van der Waals surface area contributed by atoms with Gasteiger partial charge in [0.15, 0.2) is 0 Å². The van der Waals surface area contributed by atoms with Crippen molar-refractivity contribution in [3.8, 4) is 0 Å². The normalized spacial score (nSPS) is 24.3. The van der Waals surface area contributed by atoms with Gasteiger partial charge in [0.1, 0.15) is 11.6 Å². The molecule has 2 saturated carbocycles. The maximum atomic E-state index is 14.1. The lowest BCUT2D eigenvalue weighted by molar-refractivity contribution is -0.136. The van der Waals surface area contributed by atoms with Gasteiger partial charge >= 0.3 is 0 Å². The summed E-state index contributed by atoms with van der Waals surface area (Å²) in [5.74, 6) is -0.937. The van der Waals surface area contributed by atoms with Crippen LogP contribution in [0.3, 0.4) is 0 Å². The van der Waals surface area contributed by atoms with Gasteiger partial charge in [-0.05, 0) is 62.7 Å². The van der Waals surface area contributed by atoms with Crippen molar-refractivity contribution in [1.82, 2.24) is 10.2 Å². The summed E-state index contributed by atoms with van der Waals surface area (Å²) in [6.07, 6.45) is 7.09. The summed E-state index contributed by atoms with van der Waals surface area (Å²) >= 11 is 0. The van der Waals surface area contributed by atoms with Crippen molar-refractivity contribution in [2.24, 2.45) is 11.3 Å². The fourth-order valence-corrected chi connectivity index (χ4v) is 4.83. The Kier molecular flexibility index (Phi) is 5.88. The van der Waals surface area contributed by atoms with Gasteiger partial charge in [-0.25, -0.2) is 8.78 Å². The minimum Gasteiger partial charge on any atom is -0.335 e. The predicted molar refractivity (Wildman–Crippen MR) is 99.1 cm³/mol. The highest BCUT2D eigenvalue weighted by Crippen LogP contribution is 2.59. The third-order valence-electron chi connectivity index (χ3n) is 6.53. The molecule has 1 atom stereocenters. The highest BCUT2D eigenvalue weighted by molar-refractivity contribution is 5.85. The number of carbonyl (C=O) groups is 1. The van der Waals surface area contributed by atoms with E-state index < -0.39 is 11.6 Å². The van der Waals surface area contributed by atoms with Crippen molar-refractivity contribution >= 4 is 18.3 Å². The van der Waals surface area contributed by atoms with Gasteiger partial charge in [-0.3, -0.25) is 4.79 Å². The molecule has 3 fully saturated rings. The van der Waals surface area contributed by atoms with E-state index in [-0.39, 0.29) is 47.8 Å². The van der Waals surface area contributed by atoms with Crippen LogP contribution in [0.25, 0.3) is 0 Å². The zero-order valence-electron chi connectivity index (χ0n) is 15.0. The summed E-state index contributed by atoms with van der Waals surface area (Å²) in [4.78, 5) is 15.1. The van der Waals surface area contributed by atoms with Gasteiger partial charge in [0.2, 0.25) is 5.91 Å². The summed E-state index contributed by atoms with van der Waals surface area (Å²) in [6, 6.07) is 4.06. The zero-order chi connectivity index (χ0) is 17.4. The molecular weight excluding hydrogens is 358 g/mol. The number of amides is 1. The summed E-state index contributed by atoms with van der Waals surface area (Å²) in [5, 5.41) is 3.35. The van der Waals surface area contributed by atoms with Crippen molar-refractivity contribution in [2.45, 2.75) is 57.5 Å². The van der Waals surface area contributed by atoms with Crippen LogP contribution >= 0.6 is 12.4 Å². The number of piperidine rings is 1. The Morgan fingerprint density at radius 2 is 1.77 bits per heavy atom. The number of rotatable bonds is 4. The second kappa shape index (κ2) is 7.81. The van der Waals surface area contributed by atoms with Gasteiger partial charge in [-0.15, -0.1) is 12.4 Å². The molecule has 1 aromatic rings. The first-order chi connectivity index (χ1) is 12.1. The van der Waals surface area contributed by atoms with Crippen molar-refractivity contribution in [3.63, 3.8) is 0 Å². The predicted octanol–water partition coefficient (Wildman–Crippen LogP) is 4.05. The molecule has 6 heteroatoms. The average molecular weight is 385 g/mol. The topological polar surface area (TPSA) is 32.3 Å². The Hall–Kier alpha value is -1.20. The third-order valence-corrected chi connectivity index (χ3v) is 6.53. The van der Waals surface area contributed by atoms with E-state index in [1.54, 1.807) is 4.90 Å². The van der Waals surface area contributed by atoms with Gasteiger partial charge in [0.25, 0.3) is 0 Å². The third kappa shape index (κ3) is 3.61. The van der Waals surface area contributed by atoms with Crippen molar-refractivity contribution in [2.75, 3.05) is 13.1 Å². The highest BCUT2D eigenvalue weighted by Gasteiger charge is 2.59. The van der Waals surface area contributed by atoms with E-state index in [1.807, 2.05) is 0 Å². The summed E-state index contributed by atoms with van der Waals surface area (Å²) in [5.41, 5.74) is 0.176. The van der Waals surface area contributed by atoms with Crippen LogP contribution in [0.2, 0.25) is 0 Å². The Morgan fingerprint density at radius 3 is 2.38 bits per heavy atom. The molecule has 0 radical (unpaired) electrons. The molecule has 1 saturated heterocycles. The highest BCUT2D eigenvalue weighted by atomic mass is 35.5. The summed E-state index contributed by atoms with van der Waals surface area (Å²) in [6.45, 7) is 2.00. The maximum Gasteiger partial charge on any atom is 0.226 e. The van der Waals surface area contributed by atoms with Gasteiger partial charge in [-0.1, -0.05) is 18.9 Å². The van der Waals surface area contributed by atoms with E-state index in [2.05, 4.69) is 5.32 Å². The van der Waals surface area contributed by atoms with E-state index in [4.69, 9.17) is 0 Å². The van der Waals surface area contributed by atoms with Crippen LogP contribution in [0.5, 0.6) is 0 Å². The number of benzene rings is 1. The molecule has 144 valence electrons. The largest absolute Gasteiger partial charge is 0.335 e. The Balaban J connectivity index is 0.00000196. The quantitative estimate of drug-likeness (QED) is 0.849. The van der Waals surface area contributed by atoms with Crippen LogP contribution in [0.1, 0.15) is 50.5 Å². The van der Waals surface area contributed by atoms with Gasteiger partial charge in [0.05, 0.1) is 6.54 Å². The minimum atomic E-state index is -0.553. The number of nitrogens with zero attached hydrogens (tertiary/aromatic N) is 1. The molecular formula is C20H27ClF2N2O. The van der Waals surface area contributed by atoms with Crippen LogP contribution in [0, 0.1) is 23.0 Å². The number of halogens is 3. The molecule has 4 rings (SSSR count). The maximum absolute atomic E-state index is 14.1. The molecule has 1 heterocycles. The molecule has 1 unspecified atom stereocenters. The molecule has 1 N–H and O–H groups in total. The smallest absolute Gasteiger partial charge is 0.226 e. The molecule has 3 nitrogen and oxygen atoms in total.